The minimum absolute atomic E-state index is 0.0454. The van der Waals surface area contributed by atoms with Gasteiger partial charge in [0.05, 0.1) is 0 Å². The number of hydrogen-bond donors (Lipinski definition) is 1. The molecule has 0 radical (unpaired) electrons. The lowest BCUT2D eigenvalue weighted by Gasteiger charge is -2.20. The van der Waals surface area contributed by atoms with E-state index in [4.69, 9.17) is 4.74 Å². The van der Waals surface area contributed by atoms with Crippen molar-refractivity contribution in [3.05, 3.63) is 59.2 Å². The van der Waals surface area contributed by atoms with Crippen LogP contribution in [0.4, 0.5) is 5.69 Å². The molecule has 0 saturated heterocycles. The third-order valence-electron chi connectivity index (χ3n) is 4.50. The van der Waals surface area contributed by atoms with E-state index in [0.29, 0.717) is 24.3 Å². The van der Waals surface area contributed by atoms with Gasteiger partial charge in [0.2, 0.25) is 0 Å². The molecule has 2 amide bonds. The Balaban J connectivity index is 2.09. The van der Waals surface area contributed by atoms with Gasteiger partial charge in [0.25, 0.3) is 11.8 Å². The van der Waals surface area contributed by atoms with Gasteiger partial charge in [-0.25, -0.2) is 0 Å². The Kier molecular flexibility index (Phi) is 6.99. The van der Waals surface area contributed by atoms with Crippen molar-refractivity contribution in [2.45, 2.75) is 40.7 Å². The zero-order valence-electron chi connectivity index (χ0n) is 16.7. The van der Waals surface area contributed by atoms with Gasteiger partial charge in [-0.1, -0.05) is 24.3 Å². The van der Waals surface area contributed by atoms with E-state index in [1.807, 2.05) is 45.9 Å². The van der Waals surface area contributed by atoms with Gasteiger partial charge in [-0.05, 0) is 63.9 Å². The number of nitrogens with one attached hydrogen (secondary N) is 1. The van der Waals surface area contributed by atoms with Crippen molar-refractivity contribution in [1.29, 1.82) is 0 Å². The summed E-state index contributed by atoms with van der Waals surface area (Å²) < 4.78 is 5.87. The second-order valence-electron chi connectivity index (χ2n) is 6.53. The fourth-order valence-corrected chi connectivity index (χ4v) is 2.88. The molecule has 144 valence electrons. The normalized spacial score (nSPS) is 11.6. The molecular weight excluding hydrogens is 340 g/mol. The zero-order chi connectivity index (χ0) is 20.0. The number of benzene rings is 2. The summed E-state index contributed by atoms with van der Waals surface area (Å²) in [5.74, 6) is 0.423. The fraction of sp³-hybridized carbons (Fsp3) is 0.364. The topological polar surface area (TPSA) is 58.6 Å². The Morgan fingerprint density at radius 2 is 1.63 bits per heavy atom. The average Bonchev–Trinajstić information content (AvgIpc) is 2.65. The monoisotopic (exact) mass is 368 g/mol. The van der Waals surface area contributed by atoms with Crippen molar-refractivity contribution in [2.24, 2.45) is 0 Å². The van der Waals surface area contributed by atoms with Crippen LogP contribution in [0.1, 0.15) is 42.3 Å². The summed E-state index contributed by atoms with van der Waals surface area (Å²) in [7, 11) is 0. The van der Waals surface area contributed by atoms with Gasteiger partial charge in [0.15, 0.2) is 6.10 Å². The maximum absolute atomic E-state index is 12.5. The highest BCUT2D eigenvalue weighted by molar-refractivity contribution is 5.98. The average molecular weight is 368 g/mol. The number of carbonyl (C=O) groups is 2. The lowest BCUT2D eigenvalue weighted by molar-refractivity contribution is -0.122. The molecule has 2 aromatic rings. The van der Waals surface area contributed by atoms with Crippen molar-refractivity contribution in [2.75, 3.05) is 18.4 Å². The Labute approximate surface area is 161 Å². The van der Waals surface area contributed by atoms with Gasteiger partial charge in [-0.15, -0.1) is 0 Å². The standard InChI is InChI=1S/C22H28N2O3/c1-6-24(7-2)22(26)18-12-9-13-19(14-18)23-21(25)17(5)27-20-15(3)10-8-11-16(20)4/h8-14,17H,6-7H2,1-5H3,(H,23,25). The molecule has 1 unspecified atom stereocenters. The zero-order valence-corrected chi connectivity index (χ0v) is 16.7. The van der Waals surface area contributed by atoms with Crippen LogP contribution < -0.4 is 10.1 Å². The maximum atomic E-state index is 12.5. The molecule has 0 aromatic heterocycles. The van der Waals surface area contributed by atoms with Crippen LogP contribution in [0.3, 0.4) is 0 Å². The Hall–Kier alpha value is -2.82. The molecule has 0 saturated carbocycles. The predicted octanol–water partition coefficient (Wildman–Crippen LogP) is 4.19. The number of ether oxygens (including phenoxy) is 1. The number of rotatable bonds is 7. The van der Waals surface area contributed by atoms with Gasteiger partial charge >= 0.3 is 0 Å². The third kappa shape index (κ3) is 5.09. The number of amides is 2. The first kappa shape index (κ1) is 20.5. The molecule has 0 fully saturated rings. The predicted molar refractivity (Wildman–Crippen MR) is 108 cm³/mol. The van der Waals surface area contributed by atoms with Crippen LogP contribution >= 0.6 is 0 Å². The molecular formula is C22H28N2O3. The van der Waals surface area contributed by atoms with Crippen LogP contribution in [-0.2, 0) is 4.79 Å². The number of hydrogen-bond acceptors (Lipinski definition) is 3. The van der Waals surface area contributed by atoms with Crippen LogP contribution in [0.25, 0.3) is 0 Å². The SMILES string of the molecule is CCN(CC)C(=O)c1cccc(NC(=O)C(C)Oc2c(C)cccc2C)c1. The quantitative estimate of drug-likeness (QED) is 0.797. The van der Waals surface area contributed by atoms with E-state index in [0.717, 1.165) is 16.9 Å². The van der Waals surface area contributed by atoms with Gasteiger partial charge in [0, 0.05) is 24.3 Å². The molecule has 5 heteroatoms. The first-order valence-corrected chi connectivity index (χ1v) is 9.30. The Morgan fingerprint density at radius 3 is 2.22 bits per heavy atom. The van der Waals surface area contributed by atoms with Crippen molar-refractivity contribution in [3.8, 4) is 5.75 Å². The third-order valence-corrected chi connectivity index (χ3v) is 4.50. The van der Waals surface area contributed by atoms with Crippen LogP contribution in [0.2, 0.25) is 0 Å². The number of aryl methyl sites for hydroxylation is 2. The number of para-hydroxylation sites is 1. The van der Waals surface area contributed by atoms with Crippen molar-refractivity contribution in [3.63, 3.8) is 0 Å². The molecule has 2 rings (SSSR count). The number of nitrogens with zero attached hydrogens (tertiary/aromatic N) is 1. The van der Waals surface area contributed by atoms with Crippen molar-refractivity contribution >= 4 is 17.5 Å². The second-order valence-corrected chi connectivity index (χ2v) is 6.53. The lowest BCUT2D eigenvalue weighted by Crippen LogP contribution is -2.31. The van der Waals surface area contributed by atoms with Crippen LogP contribution in [0.5, 0.6) is 5.75 Å². The fourth-order valence-electron chi connectivity index (χ4n) is 2.88. The Morgan fingerprint density at radius 1 is 1.04 bits per heavy atom. The van der Waals surface area contributed by atoms with E-state index in [9.17, 15) is 9.59 Å². The van der Waals surface area contributed by atoms with Crippen molar-refractivity contribution in [1.82, 2.24) is 4.90 Å². The van der Waals surface area contributed by atoms with Crippen LogP contribution in [-0.4, -0.2) is 35.9 Å². The molecule has 1 N–H and O–H groups in total. The largest absolute Gasteiger partial charge is 0.480 e. The molecule has 0 heterocycles. The molecule has 0 spiro atoms. The van der Waals surface area contributed by atoms with Gasteiger partial charge in [0.1, 0.15) is 5.75 Å². The van der Waals surface area contributed by atoms with Gasteiger partial charge in [-0.2, -0.15) is 0 Å². The number of anilines is 1. The molecule has 0 aliphatic carbocycles. The van der Waals surface area contributed by atoms with E-state index in [1.165, 1.54) is 0 Å². The van der Waals surface area contributed by atoms with E-state index in [1.54, 1.807) is 36.1 Å². The second kappa shape index (κ2) is 9.21. The molecule has 2 aromatic carbocycles. The molecule has 0 aliphatic heterocycles. The van der Waals surface area contributed by atoms with E-state index >= 15 is 0 Å². The molecule has 5 nitrogen and oxygen atoms in total. The van der Waals surface area contributed by atoms with Gasteiger partial charge < -0.3 is 15.0 Å². The molecule has 27 heavy (non-hydrogen) atoms. The Bertz CT molecular complexity index is 793. The van der Waals surface area contributed by atoms with E-state index in [2.05, 4.69) is 5.32 Å². The highest BCUT2D eigenvalue weighted by atomic mass is 16.5. The first-order chi connectivity index (χ1) is 12.9. The first-order valence-electron chi connectivity index (χ1n) is 9.30. The summed E-state index contributed by atoms with van der Waals surface area (Å²) in [5, 5.41) is 2.84. The van der Waals surface area contributed by atoms with Gasteiger partial charge in [-0.3, -0.25) is 9.59 Å². The summed E-state index contributed by atoms with van der Waals surface area (Å²) >= 11 is 0. The molecule has 0 bridgehead atoms. The summed E-state index contributed by atoms with van der Waals surface area (Å²) in [6.07, 6.45) is -0.660. The molecule has 0 aliphatic rings. The minimum atomic E-state index is -0.660. The van der Waals surface area contributed by atoms with E-state index < -0.39 is 6.10 Å². The van der Waals surface area contributed by atoms with E-state index in [-0.39, 0.29) is 11.8 Å². The summed E-state index contributed by atoms with van der Waals surface area (Å²) in [6, 6.07) is 12.9. The van der Waals surface area contributed by atoms with Crippen LogP contribution in [0.15, 0.2) is 42.5 Å². The molecule has 1 atom stereocenters. The smallest absolute Gasteiger partial charge is 0.265 e. The minimum Gasteiger partial charge on any atom is -0.480 e. The highest BCUT2D eigenvalue weighted by Gasteiger charge is 2.18. The summed E-state index contributed by atoms with van der Waals surface area (Å²) in [5.41, 5.74) is 3.11. The highest BCUT2D eigenvalue weighted by Crippen LogP contribution is 2.24. The summed E-state index contributed by atoms with van der Waals surface area (Å²) in [6.45, 7) is 10.8. The lowest BCUT2D eigenvalue weighted by atomic mass is 10.1. The number of carbonyl (C=O) groups excluding carboxylic acids is 2. The maximum Gasteiger partial charge on any atom is 0.265 e. The van der Waals surface area contributed by atoms with Crippen molar-refractivity contribution < 1.29 is 14.3 Å². The van der Waals surface area contributed by atoms with Crippen LogP contribution in [0, 0.1) is 13.8 Å². The summed E-state index contributed by atoms with van der Waals surface area (Å²) in [4.78, 5) is 26.8.